The number of phenols is 1. The maximum absolute atomic E-state index is 9.72. The van der Waals surface area contributed by atoms with Gasteiger partial charge in [-0.05, 0) is 36.2 Å². The number of ether oxygens (including phenoxy) is 4. The maximum atomic E-state index is 9.72. The van der Waals surface area contributed by atoms with E-state index in [0.717, 1.165) is 12.0 Å². The second kappa shape index (κ2) is 9.89. The molecule has 0 bridgehead atoms. The van der Waals surface area contributed by atoms with E-state index >= 15 is 0 Å². The molecule has 1 N–H and O–H groups in total. The Morgan fingerprint density at radius 3 is 1.96 bits per heavy atom. The van der Waals surface area contributed by atoms with Crippen molar-refractivity contribution in [1.82, 2.24) is 0 Å². The number of phenolic OH excluding ortho intramolecular Hbond substituents is 1. The maximum Gasteiger partial charge on any atom is 0.150 e. The Kier molecular flexibility index (Phi) is 7.01. The summed E-state index contributed by atoms with van der Waals surface area (Å²) in [6.45, 7) is 4.69. The van der Waals surface area contributed by atoms with Gasteiger partial charge in [0.05, 0.1) is 26.4 Å². The summed E-state index contributed by atoms with van der Waals surface area (Å²) < 4.78 is 22.5. The lowest BCUT2D eigenvalue weighted by Gasteiger charge is -2.12. The number of azo groups is 1. The van der Waals surface area contributed by atoms with E-state index in [-0.39, 0.29) is 5.75 Å². The molecular formula is C20H24N2O5. The zero-order chi connectivity index (χ0) is 18.9. The van der Waals surface area contributed by atoms with Crippen LogP contribution in [0.1, 0.15) is 12.5 Å². The monoisotopic (exact) mass is 372 g/mol. The summed E-state index contributed by atoms with van der Waals surface area (Å²) in [4.78, 5) is 0. The molecule has 0 amide bonds. The molecule has 27 heavy (non-hydrogen) atoms. The molecule has 0 saturated carbocycles. The Hall–Kier alpha value is -2.64. The molecule has 0 fully saturated rings. The van der Waals surface area contributed by atoms with Gasteiger partial charge in [-0.2, -0.15) is 0 Å². The van der Waals surface area contributed by atoms with E-state index in [2.05, 4.69) is 17.2 Å². The molecule has 1 aliphatic rings. The number of nitrogens with zero attached hydrogens (tertiary/aromatic N) is 2. The molecule has 0 aromatic heterocycles. The SMILES string of the molecule is CCc1ccc2c(c1)OCCOCCOCCOc1cc(O)ccc1N=N2. The highest BCUT2D eigenvalue weighted by molar-refractivity contribution is 5.57. The lowest BCUT2D eigenvalue weighted by molar-refractivity contribution is 0.0274. The molecule has 0 aliphatic carbocycles. The van der Waals surface area contributed by atoms with Crippen LogP contribution in [0.15, 0.2) is 46.6 Å². The van der Waals surface area contributed by atoms with Crippen LogP contribution in [0.4, 0.5) is 11.4 Å². The number of aryl methyl sites for hydroxylation is 1. The molecule has 0 saturated heterocycles. The van der Waals surface area contributed by atoms with E-state index in [1.807, 2.05) is 18.2 Å². The van der Waals surface area contributed by atoms with Gasteiger partial charge < -0.3 is 24.1 Å². The summed E-state index contributed by atoms with van der Waals surface area (Å²) in [7, 11) is 0. The number of rotatable bonds is 1. The molecule has 144 valence electrons. The summed E-state index contributed by atoms with van der Waals surface area (Å²) in [5, 5.41) is 18.3. The first-order valence-electron chi connectivity index (χ1n) is 9.05. The molecule has 0 spiro atoms. The first kappa shape index (κ1) is 19.1. The lowest BCUT2D eigenvalue weighted by Crippen LogP contribution is -2.13. The molecule has 1 heterocycles. The predicted molar refractivity (Wildman–Crippen MR) is 101 cm³/mol. The van der Waals surface area contributed by atoms with Crippen LogP contribution in [0.3, 0.4) is 0 Å². The fourth-order valence-corrected chi connectivity index (χ4v) is 2.53. The van der Waals surface area contributed by atoms with Gasteiger partial charge in [0.25, 0.3) is 0 Å². The fourth-order valence-electron chi connectivity index (χ4n) is 2.53. The van der Waals surface area contributed by atoms with Crippen LogP contribution < -0.4 is 9.47 Å². The summed E-state index contributed by atoms with van der Waals surface area (Å²) >= 11 is 0. The molecule has 2 aromatic rings. The fraction of sp³-hybridized carbons (Fsp3) is 0.400. The molecule has 0 atom stereocenters. The van der Waals surface area contributed by atoms with Crippen molar-refractivity contribution in [1.29, 1.82) is 0 Å². The minimum absolute atomic E-state index is 0.101. The van der Waals surface area contributed by atoms with Crippen molar-refractivity contribution in [2.24, 2.45) is 10.2 Å². The highest BCUT2D eigenvalue weighted by Crippen LogP contribution is 2.35. The van der Waals surface area contributed by atoms with Crippen LogP contribution in [0.5, 0.6) is 17.2 Å². The molecule has 7 heteroatoms. The van der Waals surface area contributed by atoms with Gasteiger partial charge in [0.2, 0.25) is 0 Å². The first-order chi connectivity index (χ1) is 13.3. The second-order valence-electron chi connectivity index (χ2n) is 5.93. The van der Waals surface area contributed by atoms with Gasteiger partial charge in [0, 0.05) is 6.07 Å². The number of fused-ring (bicyclic) bond motifs is 2. The van der Waals surface area contributed by atoms with Gasteiger partial charge in [-0.3, -0.25) is 0 Å². The average Bonchev–Trinajstić information content (AvgIpc) is 2.68. The topological polar surface area (TPSA) is 81.9 Å². The molecule has 0 radical (unpaired) electrons. The van der Waals surface area contributed by atoms with Gasteiger partial charge in [0.1, 0.15) is 36.1 Å². The Morgan fingerprint density at radius 2 is 1.33 bits per heavy atom. The second-order valence-corrected chi connectivity index (χ2v) is 5.93. The summed E-state index contributed by atoms with van der Waals surface area (Å²) in [6, 6.07) is 10.6. The molecule has 1 aliphatic heterocycles. The smallest absolute Gasteiger partial charge is 0.150 e. The Bertz CT molecular complexity index is 779. The van der Waals surface area contributed by atoms with Gasteiger partial charge >= 0.3 is 0 Å². The molecule has 0 unspecified atom stereocenters. The quantitative estimate of drug-likeness (QED) is 0.812. The number of hydrogen-bond acceptors (Lipinski definition) is 7. The Morgan fingerprint density at radius 1 is 0.778 bits per heavy atom. The predicted octanol–water partition coefficient (Wildman–Crippen LogP) is 4.17. The third-order valence-corrected chi connectivity index (χ3v) is 3.98. The standard InChI is InChI=1S/C20H24N2O5/c1-2-15-3-5-17-19(13-15)26-11-9-24-7-8-25-10-12-27-20-14-16(23)4-6-18(20)22-21-17/h3-6,13-14,23H,2,7-12H2,1H3. The normalized spacial score (nSPS) is 15.9. The third-order valence-electron chi connectivity index (χ3n) is 3.98. The molecular weight excluding hydrogens is 348 g/mol. The van der Waals surface area contributed by atoms with E-state index in [0.29, 0.717) is 62.5 Å². The van der Waals surface area contributed by atoms with Crippen molar-refractivity contribution in [2.75, 3.05) is 39.6 Å². The largest absolute Gasteiger partial charge is 0.508 e. The Balaban J connectivity index is 1.89. The van der Waals surface area contributed by atoms with Crippen LogP contribution in [-0.2, 0) is 15.9 Å². The summed E-state index contributed by atoms with van der Waals surface area (Å²) in [6.07, 6.45) is 0.900. The van der Waals surface area contributed by atoms with Crippen molar-refractivity contribution in [2.45, 2.75) is 13.3 Å². The zero-order valence-corrected chi connectivity index (χ0v) is 15.4. The Labute approximate surface area is 158 Å². The minimum Gasteiger partial charge on any atom is -0.508 e. The van der Waals surface area contributed by atoms with Crippen molar-refractivity contribution >= 4 is 11.4 Å². The molecule has 7 nitrogen and oxygen atoms in total. The van der Waals surface area contributed by atoms with Crippen molar-refractivity contribution in [3.05, 3.63) is 42.0 Å². The average molecular weight is 372 g/mol. The summed E-state index contributed by atoms with van der Waals surface area (Å²) in [5.41, 5.74) is 2.30. The van der Waals surface area contributed by atoms with E-state index in [4.69, 9.17) is 18.9 Å². The number of benzene rings is 2. The molecule has 3 rings (SSSR count). The number of hydrogen-bond donors (Lipinski definition) is 1. The zero-order valence-electron chi connectivity index (χ0n) is 15.4. The highest BCUT2D eigenvalue weighted by Gasteiger charge is 2.08. The number of aromatic hydroxyl groups is 1. The van der Waals surface area contributed by atoms with Crippen LogP contribution in [-0.4, -0.2) is 44.7 Å². The van der Waals surface area contributed by atoms with Gasteiger partial charge in [0.15, 0.2) is 5.75 Å². The van der Waals surface area contributed by atoms with E-state index in [9.17, 15) is 5.11 Å². The van der Waals surface area contributed by atoms with E-state index in [1.54, 1.807) is 12.1 Å². The first-order valence-corrected chi connectivity index (χ1v) is 9.05. The van der Waals surface area contributed by atoms with Crippen LogP contribution >= 0.6 is 0 Å². The van der Waals surface area contributed by atoms with Crippen LogP contribution in [0.25, 0.3) is 0 Å². The lowest BCUT2D eigenvalue weighted by atomic mass is 10.1. The minimum atomic E-state index is 0.101. The van der Waals surface area contributed by atoms with Gasteiger partial charge in [-0.15, -0.1) is 10.2 Å². The van der Waals surface area contributed by atoms with Gasteiger partial charge in [-0.1, -0.05) is 13.0 Å². The van der Waals surface area contributed by atoms with Crippen LogP contribution in [0.2, 0.25) is 0 Å². The van der Waals surface area contributed by atoms with Crippen molar-refractivity contribution < 1.29 is 24.1 Å². The summed E-state index contributed by atoms with van der Waals surface area (Å²) in [5.74, 6) is 1.20. The van der Waals surface area contributed by atoms with Crippen LogP contribution in [0, 0.1) is 0 Å². The molecule has 2 aromatic carbocycles. The van der Waals surface area contributed by atoms with Crippen molar-refractivity contribution in [3.63, 3.8) is 0 Å². The van der Waals surface area contributed by atoms with E-state index < -0.39 is 0 Å². The van der Waals surface area contributed by atoms with Crippen molar-refractivity contribution in [3.8, 4) is 17.2 Å². The highest BCUT2D eigenvalue weighted by atomic mass is 16.6. The van der Waals surface area contributed by atoms with Gasteiger partial charge in [-0.25, -0.2) is 0 Å². The van der Waals surface area contributed by atoms with E-state index in [1.165, 1.54) is 6.07 Å². The third kappa shape index (κ3) is 5.67.